The van der Waals surface area contributed by atoms with Gasteiger partial charge in [-0.25, -0.2) is 4.98 Å². The summed E-state index contributed by atoms with van der Waals surface area (Å²) < 4.78 is 5.34. The Hall–Kier alpha value is -2.02. The van der Waals surface area contributed by atoms with Crippen LogP contribution in [0.1, 0.15) is 23.2 Å². The SMILES string of the molecule is COc1ccccc1Nc1ncccc1C(=O)NC1CCCNC1.Cl.Cl. The van der Waals surface area contributed by atoms with Gasteiger partial charge in [-0.3, -0.25) is 4.79 Å². The van der Waals surface area contributed by atoms with Gasteiger partial charge in [-0.05, 0) is 43.7 Å². The fourth-order valence-electron chi connectivity index (χ4n) is 2.80. The van der Waals surface area contributed by atoms with Crippen LogP contribution in [0.25, 0.3) is 0 Å². The summed E-state index contributed by atoms with van der Waals surface area (Å²) in [7, 11) is 1.61. The minimum atomic E-state index is -0.116. The van der Waals surface area contributed by atoms with Gasteiger partial charge < -0.3 is 20.7 Å². The van der Waals surface area contributed by atoms with Crippen LogP contribution >= 0.6 is 24.8 Å². The van der Waals surface area contributed by atoms with E-state index in [1.54, 1.807) is 25.4 Å². The van der Waals surface area contributed by atoms with Crippen molar-refractivity contribution in [3.05, 3.63) is 48.2 Å². The number of hydrogen-bond acceptors (Lipinski definition) is 5. The molecule has 1 aliphatic heterocycles. The molecule has 0 aliphatic carbocycles. The Balaban J connectivity index is 0.00000169. The lowest BCUT2D eigenvalue weighted by Crippen LogP contribution is -2.45. The third-order valence-electron chi connectivity index (χ3n) is 4.04. The van der Waals surface area contributed by atoms with E-state index in [0.717, 1.165) is 31.6 Å². The minimum Gasteiger partial charge on any atom is -0.495 e. The molecule has 1 unspecified atom stereocenters. The van der Waals surface area contributed by atoms with Crippen LogP contribution in [-0.4, -0.2) is 37.1 Å². The van der Waals surface area contributed by atoms with E-state index in [9.17, 15) is 4.79 Å². The van der Waals surface area contributed by atoms with Gasteiger partial charge in [0.2, 0.25) is 0 Å². The van der Waals surface area contributed by atoms with Crippen LogP contribution in [0.4, 0.5) is 11.5 Å². The molecule has 3 rings (SSSR count). The molecule has 0 saturated carbocycles. The quantitative estimate of drug-likeness (QED) is 0.720. The summed E-state index contributed by atoms with van der Waals surface area (Å²) in [6.45, 7) is 1.82. The number of para-hydroxylation sites is 2. The van der Waals surface area contributed by atoms with E-state index < -0.39 is 0 Å². The second kappa shape index (κ2) is 10.9. The lowest BCUT2D eigenvalue weighted by Gasteiger charge is -2.24. The fourth-order valence-corrected chi connectivity index (χ4v) is 2.80. The Morgan fingerprint density at radius 1 is 1.23 bits per heavy atom. The van der Waals surface area contributed by atoms with E-state index in [0.29, 0.717) is 17.1 Å². The van der Waals surface area contributed by atoms with Crippen LogP contribution in [0, 0.1) is 0 Å². The zero-order valence-corrected chi connectivity index (χ0v) is 16.2. The molecule has 0 spiro atoms. The summed E-state index contributed by atoms with van der Waals surface area (Å²) in [5.74, 6) is 1.10. The third kappa shape index (κ3) is 5.49. The molecule has 1 saturated heterocycles. The lowest BCUT2D eigenvalue weighted by molar-refractivity contribution is 0.0931. The molecule has 6 nitrogen and oxygen atoms in total. The number of carbonyl (C=O) groups excluding carboxylic acids is 1. The molecule has 1 atom stereocenters. The van der Waals surface area contributed by atoms with Crippen molar-refractivity contribution < 1.29 is 9.53 Å². The monoisotopic (exact) mass is 398 g/mol. The maximum Gasteiger partial charge on any atom is 0.255 e. The van der Waals surface area contributed by atoms with Crippen molar-refractivity contribution in [2.45, 2.75) is 18.9 Å². The van der Waals surface area contributed by atoms with Gasteiger partial charge in [0.25, 0.3) is 5.91 Å². The zero-order chi connectivity index (χ0) is 16.8. The van der Waals surface area contributed by atoms with E-state index in [2.05, 4.69) is 20.9 Å². The maximum atomic E-state index is 12.6. The molecule has 26 heavy (non-hydrogen) atoms. The number of amides is 1. The van der Waals surface area contributed by atoms with Crippen LogP contribution in [0.3, 0.4) is 0 Å². The second-order valence-corrected chi connectivity index (χ2v) is 5.74. The predicted octanol–water partition coefficient (Wildman–Crippen LogP) is 3.16. The van der Waals surface area contributed by atoms with Crippen molar-refractivity contribution in [2.75, 3.05) is 25.5 Å². The average Bonchev–Trinajstić information content (AvgIpc) is 2.63. The molecule has 2 aromatic rings. The number of benzene rings is 1. The molecule has 1 amide bonds. The molecule has 1 fully saturated rings. The fraction of sp³-hybridized carbons (Fsp3) is 0.333. The number of carbonyl (C=O) groups is 1. The van der Waals surface area contributed by atoms with E-state index in [4.69, 9.17) is 4.74 Å². The Morgan fingerprint density at radius 3 is 2.77 bits per heavy atom. The highest BCUT2D eigenvalue weighted by molar-refractivity contribution is 5.99. The minimum absolute atomic E-state index is 0. The molecule has 0 bridgehead atoms. The normalized spacial score (nSPS) is 15.8. The molecular weight excluding hydrogens is 375 g/mol. The van der Waals surface area contributed by atoms with E-state index in [1.807, 2.05) is 24.3 Å². The van der Waals surface area contributed by atoms with Gasteiger partial charge in [-0.15, -0.1) is 24.8 Å². The highest BCUT2D eigenvalue weighted by Gasteiger charge is 2.19. The number of methoxy groups -OCH3 is 1. The first-order valence-electron chi connectivity index (χ1n) is 8.14. The van der Waals surface area contributed by atoms with Gasteiger partial charge in [0.05, 0.1) is 18.4 Å². The smallest absolute Gasteiger partial charge is 0.255 e. The molecule has 1 aromatic carbocycles. The van der Waals surface area contributed by atoms with Gasteiger partial charge in [-0.1, -0.05) is 12.1 Å². The van der Waals surface area contributed by atoms with Gasteiger partial charge in [0.15, 0.2) is 0 Å². The van der Waals surface area contributed by atoms with Gasteiger partial charge in [0.1, 0.15) is 11.6 Å². The number of nitrogens with one attached hydrogen (secondary N) is 3. The molecule has 3 N–H and O–H groups in total. The second-order valence-electron chi connectivity index (χ2n) is 5.74. The molecule has 1 aliphatic rings. The number of halogens is 2. The molecule has 142 valence electrons. The largest absolute Gasteiger partial charge is 0.495 e. The van der Waals surface area contributed by atoms with E-state index >= 15 is 0 Å². The van der Waals surface area contributed by atoms with Gasteiger partial charge in [0, 0.05) is 18.8 Å². The summed E-state index contributed by atoms with van der Waals surface area (Å²) in [4.78, 5) is 16.9. The van der Waals surface area contributed by atoms with E-state index in [-0.39, 0.29) is 36.8 Å². The first-order valence-corrected chi connectivity index (χ1v) is 8.14. The molecule has 1 aromatic heterocycles. The van der Waals surface area contributed by atoms with Crippen LogP contribution < -0.4 is 20.7 Å². The number of aromatic nitrogens is 1. The van der Waals surface area contributed by atoms with Gasteiger partial charge >= 0.3 is 0 Å². The number of hydrogen-bond donors (Lipinski definition) is 3. The lowest BCUT2D eigenvalue weighted by atomic mass is 10.1. The van der Waals surface area contributed by atoms with Crippen LogP contribution in [0.5, 0.6) is 5.75 Å². The van der Waals surface area contributed by atoms with Crippen molar-refractivity contribution in [1.82, 2.24) is 15.6 Å². The Kier molecular flexibility index (Phi) is 9.19. The van der Waals surface area contributed by atoms with Crippen molar-refractivity contribution in [1.29, 1.82) is 0 Å². The Bertz CT molecular complexity index is 709. The summed E-state index contributed by atoms with van der Waals surface area (Å²) in [5, 5.41) is 9.57. The predicted molar refractivity (Wildman–Crippen MR) is 108 cm³/mol. The number of anilines is 2. The number of ether oxygens (including phenoxy) is 1. The van der Waals surface area contributed by atoms with Crippen LogP contribution in [0.15, 0.2) is 42.6 Å². The standard InChI is InChI=1S/C18H22N4O2.2ClH/c1-24-16-9-3-2-8-15(16)22-17-14(7-5-11-20-17)18(23)21-13-6-4-10-19-12-13;;/h2-3,5,7-9,11,13,19H,4,6,10,12H2,1H3,(H,20,22)(H,21,23);2*1H. The Morgan fingerprint density at radius 2 is 2.04 bits per heavy atom. The van der Waals surface area contributed by atoms with Crippen molar-refractivity contribution in [3.63, 3.8) is 0 Å². The zero-order valence-electron chi connectivity index (χ0n) is 14.5. The average molecular weight is 399 g/mol. The molecule has 0 radical (unpaired) electrons. The van der Waals surface area contributed by atoms with Gasteiger partial charge in [-0.2, -0.15) is 0 Å². The highest BCUT2D eigenvalue weighted by atomic mass is 35.5. The first-order chi connectivity index (χ1) is 11.8. The summed E-state index contributed by atoms with van der Waals surface area (Å²) >= 11 is 0. The van der Waals surface area contributed by atoms with Crippen LogP contribution in [0.2, 0.25) is 0 Å². The van der Waals surface area contributed by atoms with Crippen molar-refractivity contribution in [3.8, 4) is 5.75 Å². The first kappa shape index (κ1) is 22.0. The van der Waals surface area contributed by atoms with Crippen molar-refractivity contribution in [2.24, 2.45) is 0 Å². The number of pyridine rings is 1. The van der Waals surface area contributed by atoms with Crippen molar-refractivity contribution >= 4 is 42.2 Å². The third-order valence-corrected chi connectivity index (χ3v) is 4.04. The summed E-state index contributed by atoms with van der Waals surface area (Å²) in [5.41, 5.74) is 1.29. The summed E-state index contributed by atoms with van der Waals surface area (Å²) in [6, 6.07) is 11.2. The number of rotatable bonds is 5. The number of nitrogens with zero attached hydrogens (tertiary/aromatic N) is 1. The van der Waals surface area contributed by atoms with Crippen LogP contribution in [-0.2, 0) is 0 Å². The maximum absolute atomic E-state index is 12.6. The van der Waals surface area contributed by atoms with E-state index in [1.165, 1.54) is 0 Å². The number of piperidine rings is 1. The summed E-state index contributed by atoms with van der Waals surface area (Å²) in [6.07, 6.45) is 3.73. The molecular formula is C18H24Cl2N4O2. The molecule has 2 heterocycles. The topological polar surface area (TPSA) is 75.3 Å². The highest BCUT2D eigenvalue weighted by Crippen LogP contribution is 2.27. The Labute approximate surface area is 165 Å². The molecule has 8 heteroatoms.